The number of allylic oxidation sites excluding steroid dienone is 4. The molecule has 1 unspecified atom stereocenters. The van der Waals surface area contributed by atoms with Gasteiger partial charge in [0, 0.05) is 5.41 Å². The average molecular weight is 318 g/mol. The normalized spacial score (nSPS) is 43.3. The maximum Gasteiger partial charge on any atom is 0.309 e. The monoisotopic (exact) mass is 318 g/mol. The van der Waals surface area contributed by atoms with Crippen molar-refractivity contribution in [1.82, 2.24) is 0 Å². The largest absolute Gasteiger partial charge is 0.481 e. The summed E-state index contributed by atoms with van der Waals surface area (Å²) >= 11 is 0. The van der Waals surface area contributed by atoms with Crippen molar-refractivity contribution in [2.45, 2.75) is 65.9 Å². The first-order valence-electron chi connectivity index (χ1n) is 9.03. The second-order valence-corrected chi connectivity index (χ2v) is 8.60. The number of hydrogen-bond acceptors (Lipinski definition) is 2. The Morgan fingerprint density at radius 3 is 2.61 bits per heavy atom. The third-order valence-electron chi connectivity index (χ3n) is 7.22. The number of carbonyl (C=O) groups is 1. The minimum absolute atomic E-state index is 0.0130. The highest BCUT2D eigenvalue weighted by Crippen LogP contribution is 2.62. The van der Waals surface area contributed by atoms with E-state index in [4.69, 9.17) is 0 Å². The molecule has 3 aliphatic carbocycles. The zero-order chi connectivity index (χ0) is 17.0. The Morgan fingerprint density at radius 1 is 1.30 bits per heavy atom. The van der Waals surface area contributed by atoms with E-state index in [1.807, 2.05) is 6.92 Å². The summed E-state index contributed by atoms with van der Waals surface area (Å²) in [6.45, 7) is 8.50. The van der Waals surface area contributed by atoms with Crippen molar-refractivity contribution in [2.24, 2.45) is 28.6 Å². The van der Waals surface area contributed by atoms with E-state index < -0.39 is 17.5 Å². The van der Waals surface area contributed by atoms with E-state index in [1.165, 1.54) is 11.1 Å². The van der Waals surface area contributed by atoms with E-state index >= 15 is 0 Å². The molecule has 3 heteroatoms. The van der Waals surface area contributed by atoms with Crippen LogP contribution in [0.2, 0.25) is 0 Å². The molecule has 1 fully saturated rings. The third kappa shape index (κ3) is 2.31. The van der Waals surface area contributed by atoms with E-state index in [0.717, 1.165) is 19.3 Å². The average Bonchev–Trinajstić information content (AvgIpc) is 2.50. The minimum Gasteiger partial charge on any atom is -0.481 e. The van der Waals surface area contributed by atoms with Crippen LogP contribution in [0.5, 0.6) is 0 Å². The molecule has 0 aliphatic heterocycles. The molecule has 0 radical (unpaired) electrons. The molecule has 5 atom stereocenters. The summed E-state index contributed by atoms with van der Waals surface area (Å²) in [5.74, 6) is 0.159. The van der Waals surface area contributed by atoms with Gasteiger partial charge in [-0.05, 0) is 62.4 Å². The molecule has 0 bridgehead atoms. The molecule has 3 nitrogen and oxygen atoms in total. The molecule has 1 saturated carbocycles. The van der Waals surface area contributed by atoms with E-state index in [1.54, 1.807) is 0 Å². The number of carboxylic acids is 1. The Balaban J connectivity index is 2.05. The maximum atomic E-state index is 12.0. The van der Waals surface area contributed by atoms with Crippen LogP contribution in [-0.2, 0) is 4.79 Å². The lowest BCUT2D eigenvalue weighted by Gasteiger charge is -2.59. The van der Waals surface area contributed by atoms with Gasteiger partial charge in [-0.15, -0.1) is 0 Å². The van der Waals surface area contributed by atoms with Crippen LogP contribution >= 0.6 is 0 Å². The SMILES string of the molecule is CC(C)C1=CC2=CC[C@@H]3[C@](C)(C(O)CC[C@@]3(C)C(=O)O)[C@H]2CC1. The van der Waals surface area contributed by atoms with Crippen LogP contribution in [0.25, 0.3) is 0 Å². The minimum atomic E-state index is -0.724. The molecule has 0 amide bonds. The molecule has 23 heavy (non-hydrogen) atoms. The van der Waals surface area contributed by atoms with Crippen molar-refractivity contribution >= 4 is 5.97 Å². The highest BCUT2D eigenvalue weighted by Gasteiger charge is 2.60. The van der Waals surface area contributed by atoms with Crippen LogP contribution in [0.3, 0.4) is 0 Å². The standard InChI is InChI=1S/C20H30O3/c1-12(2)13-5-7-15-14(11-13)6-8-16-19(3,18(22)23)10-9-17(21)20(15,16)4/h6,11-12,15-17,21H,5,7-10H2,1-4H3,(H,22,23)/t15-,16-,17?,19+,20+/m0/s1. The van der Waals surface area contributed by atoms with Gasteiger partial charge in [-0.1, -0.05) is 38.5 Å². The van der Waals surface area contributed by atoms with Crippen LogP contribution in [0.1, 0.15) is 59.8 Å². The topological polar surface area (TPSA) is 57.5 Å². The van der Waals surface area contributed by atoms with Crippen LogP contribution in [0, 0.1) is 28.6 Å². The molecular weight excluding hydrogens is 288 g/mol. The van der Waals surface area contributed by atoms with Crippen molar-refractivity contribution in [1.29, 1.82) is 0 Å². The van der Waals surface area contributed by atoms with Gasteiger partial charge in [0.05, 0.1) is 11.5 Å². The van der Waals surface area contributed by atoms with Crippen molar-refractivity contribution < 1.29 is 15.0 Å². The van der Waals surface area contributed by atoms with E-state index in [0.29, 0.717) is 18.8 Å². The molecule has 0 aromatic rings. The van der Waals surface area contributed by atoms with Crippen LogP contribution in [-0.4, -0.2) is 22.3 Å². The first-order valence-corrected chi connectivity index (χ1v) is 9.03. The predicted molar refractivity (Wildman–Crippen MR) is 90.9 cm³/mol. The summed E-state index contributed by atoms with van der Waals surface area (Å²) in [5, 5.41) is 20.7. The molecule has 0 aromatic heterocycles. The Labute approximate surface area is 139 Å². The van der Waals surface area contributed by atoms with Crippen LogP contribution in [0.4, 0.5) is 0 Å². The van der Waals surface area contributed by atoms with Crippen LogP contribution < -0.4 is 0 Å². The molecule has 3 rings (SSSR count). The molecule has 0 saturated heterocycles. The van der Waals surface area contributed by atoms with E-state index in [9.17, 15) is 15.0 Å². The molecule has 0 heterocycles. The van der Waals surface area contributed by atoms with E-state index in [-0.39, 0.29) is 17.3 Å². The number of aliphatic hydroxyl groups excluding tert-OH is 1. The van der Waals surface area contributed by atoms with Gasteiger partial charge in [-0.2, -0.15) is 0 Å². The van der Waals surface area contributed by atoms with E-state index in [2.05, 4.69) is 32.9 Å². The lowest BCUT2D eigenvalue weighted by Crippen LogP contribution is -2.59. The zero-order valence-electron chi connectivity index (χ0n) is 14.8. The highest BCUT2D eigenvalue weighted by molar-refractivity contribution is 5.75. The predicted octanol–water partition coefficient (Wildman–Crippen LogP) is 4.18. The molecule has 2 N–H and O–H groups in total. The number of rotatable bonds is 2. The first kappa shape index (κ1) is 16.8. The van der Waals surface area contributed by atoms with Gasteiger partial charge in [0.1, 0.15) is 0 Å². The fraction of sp³-hybridized carbons (Fsp3) is 0.750. The Bertz CT molecular complexity index is 573. The molecular formula is C20H30O3. The van der Waals surface area contributed by atoms with Gasteiger partial charge in [0.2, 0.25) is 0 Å². The Morgan fingerprint density at radius 2 is 2.00 bits per heavy atom. The van der Waals surface area contributed by atoms with Crippen molar-refractivity contribution in [3.8, 4) is 0 Å². The summed E-state index contributed by atoms with van der Waals surface area (Å²) in [7, 11) is 0. The smallest absolute Gasteiger partial charge is 0.309 e. The van der Waals surface area contributed by atoms with Crippen LogP contribution in [0.15, 0.2) is 23.3 Å². The summed E-state index contributed by atoms with van der Waals surface area (Å²) in [5.41, 5.74) is 1.78. The second kappa shape index (κ2) is 5.47. The van der Waals surface area contributed by atoms with Gasteiger partial charge in [0.25, 0.3) is 0 Å². The number of fused-ring (bicyclic) bond motifs is 3. The number of carboxylic acid groups (broad SMARTS) is 1. The van der Waals surface area contributed by atoms with Crippen molar-refractivity contribution in [2.75, 3.05) is 0 Å². The van der Waals surface area contributed by atoms with Gasteiger partial charge in [0.15, 0.2) is 0 Å². The molecule has 0 spiro atoms. The fourth-order valence-corrected chi connectivity index (χ4v) is 5.53. The highest BCUT2D eigenvalue weighted by atomic mass is 16.4. The van der Waals surface area contributed by atoms with Gasteiger partial charge >= 0.3 is 5.97 Å². The number of aliphatic carboxylic acids is 1. The number of aliphatic hydroxyl groups is 1. The van der Waals surface area contributed by atoms with Gasteiger partial charge < -0.3 is 10.2 Å². The summed E-state index contributed by atoms with van der Waals surface area (Å²) < 4.78 is 0. The van der Waals surface area contributed by atoms with Gasteiger partial charge in [-0.25, -0.2) is 0 Å². The zero-order valence-corrected chi connectivity index (χ0v) is 14.8. The van der Waals surface area contributed by atoms with Crippen molar-refractivity contribution in [3.63, 3.8) is 0 Å². The Hall–Kier alpha value is -1.09. The summed E-state index contributed by atoms with van der Waals surface area (Å²) in [6, 6.07) is 0. The summed E-state index contributed by atoms with van der Waals surface area (Å²) in [4.78, 5) is 12.0. The third-order valence-corrected chi connectivity index (χ3v) is 7.22. The summed E-state index contributed by atoms with van der Waals surface area (Å²) in [6.07, 6.45) is 8.24. The first-order chi connectivity index (χ1) is 10.7. The Kier molecular flexibility index (Phi) is 3.99. The quantitative estimate of drug-likeness (QED) is 0.803. The van der Waals surface area contributed by atoms with Crippen molar-refractivity contribution in [3.05, 3.63) is 23.3 Å². The number of hydrogen-bond donors (Lipinski definition) is 2. The maximum absolute atomic E-state index is 12.0. The molecule has 3 aliphatic rings. The molecule has 0 aromatic carbocycles. The second-order valence-electron chi connectivity index (χ2n) is 8.60. The fourth-order valence-electron chi connectivity index (χ4n) is 5.53. The van der Waals surface area contributed by atoms with Gasteiger partial charge in [-0.3, -0.25) is 4.79 Å². The lowest BCUT2D eigenvalue weighted by atomic mass is 9.46. The molecule has 128 valence electrons. The lowest BCUT2D eigenvalue weighted by molar-refractivity contribution is -0.176.